The average molecular weight is 239 g/mol. The van der Waals surface area contributed by atoms with Crippen molar-refractivity contribution in [2.75, 3.05) is 0 Å². The van der Waals surface area contributed by atoms with Crippen molar-refractivity contribution < 1.29 is 9.53 Å². The molecule has 0 fully saturated rings. The fourth-order valence-electron chi connectivity index (χ4n) is 2.20. The van der Waals surface area contributed by atoms with E-state index in [0.717, 1.165) is 24.0 Å². The van der Waals surface area contributed by atoms with E-state index in [1.54, 1.807) is 0 Å². The summed E-state index contributed by atoms with van der Waals surface area (Å²) in [5, 5.41) is 0. The molecule has 90 valence electrons. The van der Waals surface area contributed by atoms with Crippen LogP contribution in [0, 0.1) is 5.92 Å². The molecule has 2 aliphatic rings. The van der Waals surface area contributed by atoms with Crippen LogP contribution in [0.5, 0.6) is 5.75 Å². The van der Waals surface area contributed by atoms with Gasteiger partial charge in [0.15, 0.2) is 5.90 Å². The van der Waals surface area contributed by atoms with Crippen molar-refractivity contribution in [3.63, 3.8) is 0 Å². The third-order valence-corrected chi connectivity index (χ3v) is 3.15. The van der Waals surface area contributed by atoms with Crippen LogP contribution in [-0.4, -0.2) is 12.2 Å². The summed E-state index contributed by atoms with van der Waals surface area (Å²) in [5.41, 5.74) is 0.839. The molecule has 3 rings (SSSR count). The highest BCUT2D eigenvalue weighted by molar-refractivity contribution is 5.87. The number of hydrogen-bond acceptors (Lipinski definition) is 3. The monoisotopic (exact) mass is 239 g/mol. The van der Waals surface area contributed by atoms with Crippen molar-refractivity contribution >= 4 is 12.2 Å². The van der Waals surface area contributed by atoms with Crippen LogP contribution in [0.3, 0.4) is 0 Å². The minimum absolute atomic E-state index is 0.130. The number of ether oxygens (including phenoxy) is 1. The highest BCUT2D eigenvalue weighted by Gasteiger charge is 2.26. The zero-order chi connectivity index (χ0) is 12.4. The van der Waals surface area contributed by atoms with Gasteiger partial charge in [-0.25, -0.2) is 4.99 Å². The van der Waals surface area contributed by atoms with Gasteiger partial charge < -0.3 is 9.53 Å². The summed E-state index contributed by atoms with van der Waals surface area (Å²) >= 11 is 0. The lowest BCUT2D eigenvalue weighted by molar-refractivity contribution is -0.109. The molecule has 0 bridgehead atoms. The maximum Gasteiger partial charge on any atom is 0.198 e. The largest absolute Gasteiger partial charge is 0.442 e. The van der Waals surface area contributed by atoms with Gasteiger partial charge in [0.2, 0.25) is 0 Å². The first kappa shape index (κ1) is 11.0. The number of hydrogen-bond donors (Lipinski definition) is 0. The summed E-state index contributed by atoms with van der Waals surface area (Å²) in [4.78, 5) is 15.6. The Balaban J connectivity index is 1.95. The van der Waals surface area contributed by atoms with Gasteiger partial charge in [0.25, 0.3) is 0 Å². The number of carbonyl (C=O) groups excluding carboxylic acids is 1. The standard InChI is InChI=1S/C15H13NO2/c17-10-13-12-8-4-5-9-14(12)18-15(16-13)11-6-2-1-3-7-11/h1-6,8-11,13H,7H2. The van der Waals surface area contributed by atoms with E-state index in [2.05, 4.69) is 17.1 Å². The third-order valence-electron chi connectivity index (χ3n) is 3.15. The van der Waals surface area contributed by atoms with E-state index in [9.17, 15) is 4.79 Å². The molecule has 1 heterocycles. The summed E-state index contributed by atoms with van der Waals surface area (Å²) < 4.78 is 5.81. The topological polar surface area (TPSA) is 38.7 Å². The van der Waals surface area contributed by atoms with Crippen LogP contribution in [0.1, 0.15) is 18.0 Å². The molecule has 0 saturated carbocycles. The second-order valence-corrected chi connectivity index (χ2v) is 4.34. The third kappa shape index (κ3) is 1.88. The number of benzene rings is 1. The Kier molecular flexibility index (Phi) is 2.81. The van der Waals surface area contributed by atoms with Gasteiger partial charge in [0.1, 0.15) is 18.1 Å². The first-order valence-corrected chi connectivity index (χ1v) is 6.01. The van der Waals surface area contributed by atoms with E-state index in [1.807, 2.05) is 36.4 Å². The lowest BCUT2D eigenvalue weighted by atomic mass is 9.98. The first-order chi connectivity index (χ1) is 8.88. The van der Waals surface area contributed by atoms with E-state index in [-0.39, 0.29) is 5.92 Å². The molecular formula is C15H13NO2. The average Bonchev–Trinajstić information content (AvgIpc) is 2.47. The molecule has 0 spiro atoms. The zero-order valence-electron chi connectivity index (χ0n) is 9.82. The Hall–Kier alpha value is -2.16. The van der Waals surface area contributed by atoms with Crippen molar-refractivity contribution in [2.24, 2.45) is 10.9 Å². The van der Waals surface area contributed by atoms with Gasteiger partial charge >= 0.3 is 0 Å². The van der Waals surface area contributed by atoms with Gasteiger partial charge in [-0.1, -0.05) is 42.5 Å². The summed E-state index contributed by atoms with van der Waals surface area (Å²) in [6, 6.07) is 7.11. The second kappa shape index (κ2) is 4.61. The Morgan fingerprint density at radius 1 is 1.28 bits per heavy atom. The second-order valence-electron chi connectivity index (χ2n) is 4.34. The maximum atomic E-state index is 11.2. The summed E-state index contributed by atoms with van der Waals surface area (Å²) in [5.74, 6) is 1.50. The minimum Gasteiger partial charge on any atom is -0.442 e. The molecule has 1 aromatic carbocycles. The molecule has 3 heteroatoms. The van der Waals surface area contributed by atoms with Crippen molar-refractivity contribution in [3.05, 3.63) is 54.1 Å². The lowest BCUT2D eigenvalue weighted by Gasteiger charge is -2.24. The van der Waals surface area contributed by atoms with Gasteiger partial charge in [-0.3, -0.25) is 0 Å². The highest BCUT2D eigenvalue weighted by atomic mass is 16.5. The first-order valence-electron chi connectivity index (χ1n) is 6.01. The Morgan fingerprint density at radius 3 is 2.94 bits per heavy atom. The molecule has 0 N–H and O–H groups in total. The molecule has 2 unspecified atom stereocenters. The Morgan fingerprint density at radius 2 is 2.17 bits per heavy atom. The highest BCUT2D eigenvalue weighted by Crippen LogP contribution is 2.32. The molecule has 1 aromatic rings. The van der Waals surface area contributed by atoms with Crippen LogP contribution in [0.15, 0.2) is 53.6 Å². The van der Waals surface area contributed by atoms with Gasteiger partial charge in [-0.05, 0) is 12.5 Å². The molecule has 2 atom stereocenters. The molecular weight excluding hydrogens is 226 g/mol. The summed E-state index contributed by atoms with van der Waals surface area (Å²) in [7, 11) is 0. The van der Waals surface area contributed by atoms with Crippen molar-refractivity contribution in [1.29, 1.82) is 0 Å². The summed E-state index contributed by atoms with van der Waals surface area (Å²) in [6.07, 6.45) is 9.84. The zero-order valence-corrected chi connectivity index (χ0v) is 9.82. The van der Waals surface area contributed by atoms with Crippen molar-refractivity contribution in [2.45, 2.75) is 12.5 Å². The molecule has 3 nitrogen and oxygen atoms in total. The van der Waals surface area contributed by atoms with Crippen LogP contribution in [0.25, 0.3) is 0 Å². The van der Waals surface area contributed by atoms with Crippen LogP contribution in [0.4, 0.5) is 0 Å². The smallest absolute Gasteiger partial charge is 0.198 e. The number of rotatable bonds is 2. The normalized spacial score (nSPS) is 25.0. The van der Waals surface area contributed by atoms with E-state index in [4.69, 9.17) is 4.74 Å². The maximum absolute atomic E-state index is 11.2. The predicted octanol–water partition coefficient (Wildman–Crippen LogP) is 2.85. The van der Waals surface area contributed by atoms with Crippen LogP contribution >= 0.6 is 0 Å². The number of allylic oxidation sites excluding steroid dienone is 3. The minimum atomic E-state index is -0.441. The fraction of sp³-hybridized carbons (Fsp3) is 0.200. The molecule has 0 radical (unpaired) electrons. The van der Waals surface area contributed by atoms with Gasteiger partial charge in [-0.2, -0.15) is 0 Å². The number of aldehydes is 1. The Bertz CT molecular complexity index is 557. The molecule has 0 amide bonds. The molecule has 18 heavy (non-hydrogen) atoms. The fourth-order valence-corrected chi connectivity index (χ4v) is 2.20. The van der Waals surface area contributed by atoms with Crippen LogP contribution in [-0.2, 0) is 4.79 Å². The van der Waals surface area contributed by atoms with E-state index >= 15 is 0 Å². The summed E-state index contributed by atoms with van der Waals surface area (Å²) in [6.45, 7) is 0. The lowest BCUT2D eigenvalue weighted by Crippen LogP contribution is -2.25. The predicted molar refractivity (Wildman–Crippen MR) is 69.7 cm³/mol. The number of fused-ring (bicyclic) bond motifs is 1. The SMILES string of the molecule is O=CC1N=C(C2C=CC=CC2)Oc2ccccc21. The number of aliphatic imine (C=N–C) groups is 1. The van der Waals surface area contributed by atoms with Crippen molar-refractivity contribution in [3.8, 4) is 5.75 Å². The number of nitrogens with zero attached hydrogens (tertiary/aromatic N) is 1. The van der Waals surface area contributed by atoms with Crippen LogP contribution in [0.2, 0.25) is 0 Å². The van der Waals surface area contributed by atoms with Gasteiger partial charge in [0.05, 0.1) is 5.92 Å². The molecule has 0 saturated heterocycles. The molecule has 1 aliphatic heterocycles. The van der Waals surface area contributed by atoms with Crippen LogP contribution < -0.4 is 4.74 Å². The van der Waals surface area contributed by atoms with E-state index in [1.165, 1.54) is 0 Å². The van der Waals surface area contributed by atoms with E-state index in [0.29, 0.717) is 5.90 Å². The Labute approximate surface area is 105 Å². The molecule has 1 aliphatic carbocycles. The quantitative estimate of drug-likeness (QED) is 0.744. The number of carbonyl (C=O) groups is 1. The van der Waals surface area contributed by atoms with Gasteiger partial charge in [0, 0.05) is 5.56 Å². The van der Waals surface area contributed by atoms with E-state index < -0.39 is 6.04 Å². The van der Waals surface area contributed by atoms with Gasteiger partial charge in [-0.15, -0.1) is 0 Å². The number of para-hydroxylation sites is 1. The molecule has 0 aromatic heterocycles. The van der Waals surface area contributed by atoms with Crippen molar-refractivity contribution in [1.82, 2.24) is 0 Å².